The maximum Gasteiger partial charge on any atom is 0.243 e. The second-order valence-electron chi connectivity index (χ2n) is 5.10. The molecule has 1 atom stereocenters. The molecule has 1 heterocycles. The molecule has 1 aromatic carbocycles. The van der Waals surface area contributed by atoms with E-state index in [-0.39, 0.29) is 29.0 Å². The lowest BCUT2D eigenvalue weighted by Gasteiger charge is -2.32. The van der Waals surface area contributed by atoms with E-state index in [1.807, 2.05) is 6.92 Å². The van der Waals surface area contributed by atoms with Crippen LogP contribution in [-0.4, -0.2) is 38.5 Å². The van der Waals surface area contributed by atoms with Crippen molar-refractivity contribution in [3.8, 4) is 0 Å². The van der Waals surface area contributed by atoms with Crippen LogP contribution in [0.1, 0.15) is 24.5 Å². The number of rotatable bonds is 4. The average molecular weight is 336 g/mol. The molecule has 0 N–H and O–H groups in total. The van der Waals surface area contributed by atoms with E-state index >= 15 is 0 Å². The van der Waals surface area contributed by atoms with Gasteiger partial charge in [-0.2, -0.15) is 4.31 Å². The summed E-state index contributed by atoms with van der Waals surface area (Å²) in [4.78, 5) is -0.00472. The summed E-state index contributed by atoms with van der Waals surface area (Å²) in [5.74, 6) is -0.479. The first-order valence-corrected chi connectivity index (χ1v) is 8.84. The van der Waals surface area contributed by atoms with Gasteiger partial charge < -0.3 is 4.74 Å². The number of halogens is 2. The van der Waals surface area contributed by atoms with Crippen molar-refractivity contribution in [3.05, 3.63) is 29.1 Å². The molecule has 7 heteroatoms. The van der Waals surface area contributed by atoms with E-state index in [1.54, 1.807) is 0 Å². The van der Waals surface area contributed by atoms with Gasteiger partial charge in [0.15, 0.2) is 0 Å². The Hall–Kier alpha value is -0.690. The third-order valence-electron chi connectivity index (χ3n) is 3.69. The van der Waals surface area contributed by atoms with Crippen molar-refractivity contribution >= 4 is 21.6 Å². The van der Waals surface area contributed by atoms with Gasteiger partial charge in [0.05, 0.1) is 17.6 Å². The average Bonchev–Trinajstić information content (AvgIpc) is 2.49. The summed E-state index contributed by atoms with van der Waals surface area (Å²) in [5, 5.41) is 0. The zero-order valence-corrected chi connectivity index (χ0v) is 13.7. The Morgan fingerprint density at radius 2 is 2.19 bits per heavy atom. The minimum atomic E-state index is -3.74. The van der Waals surface area contributed by atoms with Crippen molar-refractivity contribution in [1.29, 1.82) is 0 Å². The van der Waals surface area contributed by atoms with E-state index in [9.17, 15) is 12.8 Å². The summed E-state index contributed by atoms with van der Waals surface area (Å²) in [5.41, 5.74) is 0.585. The van der Waals surface area contributed by atoms with E-state index in [0.717, 1.165) is 6.42 Å². The molecule has 1 aliphatic heterocycles. The van der Waals surface area contributed by atoms with Gasteiger partial charge in [-0.1, -0.05) is 6.92 Å². The number of nitrogens with zero attached hydrogens (tertiary/aromatic N) is 1. The fraction of sp³-hybridized carbons (Fsp3) is 0.571. The number of ether oxygens (including phenoxy) is 1. The molecule has 1 aliphatic rings. The van der Waals surface area contributed by atoms with E-state index in [2.05, 4.69) is 0 Å². The van der Waals surface area contributed by atoms with Gasteiger partial charge in [0.25, 0.3) is 0 Å². The van der Waals surface area contributed by atoms with Gasteiger partial charge in [0, 0.05) is 24.5 Å². The first kappa shape index (κ1) is 16.7. The van der Waals surface area contributed by atoms with E-state index in [0.29, 0.717) is 18.7 Å². The molecule has 1 saturated heterocycles. The molecule has 118 valence electrons. The van der Waals surface area contributed by atoms with Crippen molar-refractivity contribution < 1.29 is 17.5 Å². The highest BCUT2D eigenvalue weighted by atomic mass is 35.5. The highest BCUT2D eigenvalue weighted by Crippen LogP contribution is 2.26. The summed E-state index contributed by atoms with van der Waals surface area (Å²) in [6.07, 6.45) is 0.621. The van der Waals surface area contributed by atoms with Gasteiger partial charge in [0.1, 0.15) is 5.82 Å². The lowest BCUT2D eigenvalue weighted by atomic mass is 10.1. The van der Waals surface area contributed by atoms with Gasteiger partial charge in [0.2, 0.25) is 10.0 Å². The van der Waals surface area contributed by atoms with Crippen LogP contribution in [0.25, 0.3) is 0 Å². The standard InChI is InChI=1S/C14H19ClFNO3S/c1-3-12-9-17(4-5-20-12)21(18,19)14-7-11(8-15)6-13(16)10(14)2/h6-7,12H,3-5,8-9H2,1-2H3. The highest BCUT2D eigenvalue weighted by molar-refractivity contribution is 7.89. The van der Waals surface area contributed by atoms with Crippen LogP contribution >= 0.6 is 11.6 Å². The largest absolute Gasteiger partial charge is 0.375 e. The number of hydrogen-bond acceptors (Lipinski definition) is 3. The molecule has 4 nitrogen and oxygen atoms in total. The maximum absolute atomic E-state index is 13.9. The molecule has 0 amide bonds. The first-order valence-electron chi connectivity index (χ1n) is 6.86. The number of hydrogen-bond donors (Lipinski definition) is 0. The Kier molecular flexibility index (Phi) is 5.24. The van der Waals surface area contributed by atoms with Crippen molar-refractivity contribution in [2.75, 3.05) is 19.7 Å². The van der Waals surface area contributed by atoms with Gasteiger partial charge in [-0.05, 0) is 31.0 Å². The minimum absolute atomic E-state index is 0.00472. The fourth-order valence-electron chi connectivity index (χ4n) is 2.35. The van der Waals surface area contributed by atoms with Gasteiger partial charge in [-0.3, -0.25) is 0 Å². The molecule has 0 radical (unpaired) electrons. The smallest absolute Gasteiger partial charge is 0.243 e. The quantitative estimate of drug-likeness (QED) is 0.795. The SMILES string of the molecule is CCC1CN(S(=O)(=O)c2cc(CCl)cc(F)c2C)CCO1. The van der Waals surface area contributed by atoms with Crippen LogP contribution in [0.2, 0.25) is 0 Å². The fourth-order valence-corrected chi connectivity index (χ4v) is 4.24. The molecule has 2 rings (SSSR count). The Bertz CT molecular complexity index is 621. The van der Waals surface area contributed by atoms with Crippen LogP contribution in [0, 0.1) is 12.7 Å². The molecule has 0 spiro atoms. The van der Waals surface area contributed by atoms with Crippen LogP contribution in [0.5, 0.6) is 0 Å². The molecule has 21 heavy (non-hydrogen) atoms. The Balaban J connectivity index is 2.41. The van der Waals surface area contributed by atoms with Crippen LogP contribution in [0.4, 0.5) is 4.39 Å². The molecule has 1 aromatic rings. The van der Waals surface area contributed by atoms with Gasteiger partial charge in [-0.15, -0.1) is 11.6 Å². The zero-order chi connectivity index (χ0) is 15.6. The van der Waals surface area contributed by atoms with Crippen molar-refractivity contribution in [2.45, 2.75) is 37.1 Å². The molecule has 0 bridgehead atoms. The third kappa shape index (κ3) is 3.39. The summed E-state index contributed by atoms with van der Waals surface area (Å²) in [6.45, 7) is 4.35. The number of morpholine rings is 1. The lowest BCUT2D eigenvalue weighted by Crippen LogP contribution is -2.45. The summed E-state index contributed by atoms with van der Waals surface area (Å²) in [6, 6.07) is 2.73. The normalized spacial score (nSPS) is 20.7. The molecule has 0 aromatic heterocycles. The van der Waals surface area contributed by atoms with Crippen molar-refractivity contribution in [3.63, 3.8) is 0 Å². The van der Waals surface area contributed by atoms with Crippen molar-refractivity contribution in [1.82, 2.24) is 4.31 Å². The maximum atomic E-state index is 13.9. The topological polar surface area (TPSA) is 46.6 Å². The summed E-state index contributed by atoms with van der Waals surface area (Å²) in [7, 11) is -3.74. The van der Waals surface area contributed by atoms with Crippen LogP contribution in [0.15, 0.2) is 17.0 Å². The Morgan fingerprint density at radius 3 is 2.81 bits per heavy atom. The monoisotopic (exact) mass is 335 g/mol. The lowest BCUT2D eigenvalue weighted by molar-refractivity contribution is -0.00279. The Morgan fingerprint density at radius 1 is 1.48 bits per heavy atom. The third-order valence-corrected chi connectivity index (χ3v) is 5.99. The molecule has 1 fully saturated rings. The van der Waals surface area contributed by atoms with E-state index in [4.69, 9.17) is 16.3 Å². The highest BCUT2D eigenvalue weighted by Gasteiger charge is 2.32. The van der Waals surface area contributed by atoms with E-state index in [1.165, 1.54) is 23.4 Å². The van der Waals surface area contributed by atoms with Crippen LogP contribution in [-0.2, 0) is 20.6 Å². The van der Waals surface area contributed by atoms with E-state index < -0.39 is 15.8 Å². The molecule has 1 unspecified atom stereocenters. The van der Waals surface area contributed by atoms with Crippen LogP contribution < -0.4 is 0 Å². The number of benzene rings is 1. The summed E-state index contributed by atoms with van der Waals surface area (Å²) >= 11 is 5.71. The first-order chi connectivity index (χ1) is 9.90. The predicted octanol–water partition coefficient (Wildman–Crippen LogP) is 2.67. The summed E-state index contributed by atoms with van der Waals surface area (Å²) < 4.78 is 46.3. The second-order valence-corrected chi connectivity index (χ2v) is 7.27. The van der Waals surface area contributed by atoms with Gasteiger partial charge in [-0.25, -0.2) is 12.8 Å². The minimum Gasteiger partial charge on any atom is -0.375 e. The second kappa shape index (κ2) is 6.60. The van der Waals surface area contributed by atoms with Crippen LogP contribution in [0.3, 0.4) is 0 Å². The molecular formula is C14H19ClFNO3S. The molecular weight excluding hydrogens is 317 g/mol. The van der Waals surface area contributed by atoms with Crippen molar-refractivity contribution in [2.24, 2.45) is 0 Å². The Labute approximate surface area is 129 Å². The number of sulfonamides is 1. The predicted molar refractivity (Wildman–Crippen MR) is 79.5 cm³/mol. The van der Waals surface area contributed by atoms with Gasteiger partial charge >= 0.3 is 0 Å². The molecule has 0 aliphatic carbocycles. The number of alkyl halides is 1. The zero-order valence-electron chi connectivity index (χ0n) is 12.1. The molecule has 0 saturated carbocycles.